The van der Waals surface area contributed by atoms with Crippen molar-refractivity contribution in [2.24, 2.45) is 28.6 Å². The van der Waals surface area contributed by atoms with E-state index in [9.17, 15) is 9.59 Å². The Morgan fingerprint density at radius 2 is 1.93 bits per heavy atom. The van der Waals surface area contributed by atoms with Crippen molar-refractivity contribution < 1.29 is 9.59 Å². The summed E-state index contributed by atoms with van der Waals surface area (Å²) in [7, 11) is 0. The normalized spacial score (nSPS) is 36.0. The topological polar surface area (TPSA) is 46.2 Å². The quantitative estimate of drug-likeness (QED) is 0.457. The Kier molecular flexibility index (Phi) is 6.27. The number of ketones is 2. The maximum Gasteiger partial charge on any atom is 0.205 e. The molecule has 0 aromatic carbocycles. The molecule has 0 aromatic rings. The van der Waals surface area contributed by atoms with Crippen molar-refractivity contribution in [3.05, 3.63) is 35.1 Å². The van der Waals surface area contributed by atoms with E-state index in [1.54, 1.807) is 6.08 Å². The van der Waals surface area contributed by atoms with Crippen LogP contribution in [0.3, 0.4) is 0 Å². The number of fused-ring (bicyclic) bond motifs is 1. The lowest BCUT2D eigenvalue weighted by molar-refractivity contribution is -0.116. The van der Waals surface area contributed by atoms with E-state index in [0.29, 0.717) is 35.4 Å². The van der Waals surface area contributed by atoms with Crippen molar-refractivity contribution in [1.29, 1.82) is 0 Å². The predicted octanol–water partition coefficient (Wildman–Crippen LogP) is 5.77. The van der Waals surface area contributed by atoms with Crippen molar-refractivity contribution in [3.8, 4) is 0 Å². The van der Waals surface area contributed by atoms with Crippen molar-refractivity contribution in [2.75, 3.05) is 6.54 Å². The van der Waals surface area contributed by atoms with Gasteiger partial charge in [0, 0.05) is 18.2 Å². The summed E-state index contributed by atoms with van der Waals surface area (Å²) in [5.74, 6) is 1.53. The largest absolute Gasteiger partial charge is 0.382 e. The molecule has 0 bridgehead atoms. The molecule has 5 unspecified atom stereocenters. The van der Waals surface area contributed by atoms with E-state index in [4.69, 9.17) is 0 Å². The van der Waals surface area contributed by atoms with E-state index in [1.165, 1.54) is 30.9 Å². The molecule has 1 N–H and O–H groups in total. The molecule has 3 nitrogen and oxygen atoms in total. The van der Waals surface area contributed by atoms with Crippen LogP contribution in [0.4, 0.5) is 0 Å². The molecular formula is C26H39NO2. The second-order valence-electron chi connectivity index (χ2n) is 10.4. The third-order valence-electron chi connectivity index (χ3n) is 8.64. The molecule has 3 aliphatic carbocycles. The van der Waals surface area contributed by atoms with Gasteiger partial charge in [-0.25, -0.2) is 0 Å². The van der Waals surface area contributed by atoms with Crippen LogP contribution in [-0.4, -0.2) is 18.1 Å². The number of Topliss-reactive ketones (excluding diaryl/α,β-unsaturated/α-hetero) is 1. The van der Waals surface area contributed by atoms with Crippen molar-refractivity contribution in [3.63, 3.8) is 0 Å². The van der Waals surface area contributed by atoms with Gasteiger partial charge < -0.3 is 5.32 Å². The molecule has 1 saturated carbocycles. The molecule has 29 heavy (non-hydrogen) atoms. The molecule has 5 atom stereocenters. The Morgan fingerprint density at radius 1 is 1.21 bits per heavy atom. The minimum atomic E-state index is -0.0548. The van der Waals surface area contributed by atoms with Crippen LogP contribution in [0, 0.1) is 28.6 Å². The molecule has 1 fully saturated rings. The third-order valence-corrected chi connectivity index (χ3v) is 8.64. The van der Waals surface area contributed by atoms with Gasteiger partial charge in [-0.05, 0) is 73.7 Å². The fraction of sp³-hybridized carbons (Fsp3) is 0.692. The zero-order chi connectivity index (χ0) is 21.4. The second kappa shape index (κ2) is 8.24. The number of hydrogen-bond acceptors (Lipinski definition) is 3. The van der Waals surface area contributed by atoms with E-state index < -0.39 is 0 Å². The van der Waals surface area contributed by atoms with Crippen molar-refractivity contribution in [2.45, 2.75) is 80.1 Å². The highest BCUT2D eigenvalue weighted by Gasteiger charge is 2.53. The number of nitrogens with one attached hydrogen (secondary N) is 1. The Balaban J connectivity index is 1.84. The van der Waals surface area contributed by atoms with Gasteiger partial charge in [0.25, 0.3) is 0 Å². The number of hydrogen-bond donors (Lipinski definition) is 1. The first-order chi connectivity index (χ1) is 13.6. The van der Waals surface area contributed by atoms with Gasteiger partial charge in [-0.2, -0.15) is 0 Å². The van der Waals surface area contributed by atoms with Gasteiger partial charge in [0.1, 0.15) is 0 Å². The maximum absolute atomic E-state index is 13.2. The summed E-state index contributed by atoms with van der Waals surface area (Å²) in [4.78, 5) is 25.7. The highest BCUT2D eigenvalue weighted by molar-refractivity contribution is 6.20. The number of allylic oxidation sites excluding steroid dienone is 5. The average molecular weight is 398 g/mol. The number of carbonyl (C=O) groups excluding carboxylic acids is 2. The minimum absolute atomic E-state index is 0.0247. The fourth-order valence-electron chi connectivity index (χ4n) is 5.97. The highest BCUT2D eigenvalue weighted by atomic mass is 16.1. The van der Waals surface area contributed by atoms with Crippen LogP contribution in [0.15, 0.2) is 35.1 Å². The van der Waals surface area contributed by atoms with Gasteiger partial charge in [0.2, 0.25) is 5.78 Å². The first kappa shape index (κ1) is 22.1. The lowest BCUT2D eigenvalue weighted by atomic mass is 9.46. The number of rotatable bonds is 6. The van der Waals surface area contributed by atoms with Gasteiger partial charge in [0.05, 0.1) is 5.70 Å². The molecule has 0 saturated heterocycles. The van der Waals surface area contributed by atoms with Crippen LogP contribution in [0.5, 0.6) is 0 Å². The van der Waals surface area contributed by atoms with Crippen molar-refractivity contribution in [1.82, 2.24) is 5.32 Å². The van der Waals surface area contributed by atoms with E-state index in [-0.39, 0.29) is 22.4 Å². The molecule has 0 spiro atoms. The van der Waals surface area contributed by atoms with Crippen LogP contribution in [-0.2, 0) is 9.59 Å². The Morgan fingerprint density at radius 3 is 2.62 bits per heavy atom. The molecule has 3 aliphatic rings. The summed E-state index contributed by atoms with van der Waals surface area (Å²) in [6.07, 6.45) is 12.0. The first-order valence-corrected chi connectivity index (χ1v) is 11.5. The van der Waals surface area contributed by atoms with Gasteiger partial charge in [-0.1, -0.05) is 52.7 Å². The predicted molar refractivity (Wildman–Crippen MR) is 119 cm³/mol. The molecule has 3 heteroatoms. The Labute approximate surface area is 177 Å². The summed E-state index contributed by atoms with van der Waals surface area (Å²) >= 11 is 0. The van der Waals surface area contributed by atoms with Gasteiger partial charge in [-0.3, -0.25) is 9.59 Å². The summed E-state index contributed by atoms with van der Waals surface area (Å²) < 4.78 is 0. The summed E-state index contributed by atoms with van der Waals surface area (Å²) in [6, 6.07) is 0. The van der Waals surface area contributed by atoms with E-state index in [2.05, 4.69) is 52.9 Å². The molecule has 160 valence electrons. The van der Waals surface area contributed by atoms with Crippen LogP contribution < -0.4 is 5.32 Å². The molecule has 0 amide bonds. The molecular weight excluding hydrogens is 358 g/mol. The standard InChI is InChI=1S/C26H39NO2/c1-7-17(2)16-27-22-14-21(28)13-20(24(22)29)15-26(6)19(4)11-12-25(5)18(3)9-8-10-23(25)26/h9,13-14,17,19,23,27H,7-8,10-12,15-16H2,1-6H3. The summed E-state index contributed by atoms with van der Waals surface area (Å²) in [5, 5.41) is 3.26. The monoisotopic (exact) mass is 397 g/mol. The zero-order valence-electron chi connectivity index (χ0n) is 19.2. The average Bonchev–Trinajstić information content (AvgIpc) is 2.68. The summed E-state index contributed by atoms with van der Waals surface area (Å²) in [5.41, 5.74) is 2.96. The molecule has 0 aliphatic heterocycles. The molecule has 0 aromatic heterocycles. The fourth-order valence-corrected chi connectivity index (χ4v) is 5.97. The van der Waals surface area contributed by atoms with Crippen LogP contribution >= 0.6 is 0 Å². The Bertz CT molecular complexity index is 774. The van der Waals surface area contributed by atoms with E-state index in [1.807, 2.05) is 0 Å². The molecule has 0 heterocycles. The van der Waals surface area contributed by atoms with Crippen LogP contribution in [0.2, 0.25) is 0 Å². The maximum atomic E-state index is 13.2. The Hall–Kier alpha value is -1.64. The third kappa shape index (κ3) is 4.02. The molecule has 0 radical (unpaired) electrons. The van der Waals surface area contributed by atoms with Crippen LogP contribution in [0.25, 0.3) is 0 Å². The zero-order valence-corrected chi connectivity index (χ0v) is 19.2. The smallest absolute Gasteiger partial charge is 0.205 e. The lowest BCUT2D eigenvalue weighted by Gasteiger charge is -2.58. The van der Waals surface area contributed by atoms with Gasteiger partial charge in [0.15, 0.2) is 5.78 Å². The van der Waals surface area contributed by atoms with E-state index >= 15 is 0 Å². The van der Waals surface area contributed by atoms with Crippen molar-refractivity contribution >= 4 is 11.6 Å². The second-order valence-corrected chi connectivity index (χ2v) is 10.4. The first-order valence-electron chi connectivity index (χ1n) is 11.5. The lowest BCUT2D eigenvalue weighted by Crippen LogP contribution is -2.50. The highest BCUT2D eigenvalue weighted by Crippen LogP contribution is 2.62. The van der Waals surface area contributed by atoms with Crippen LogP contribution in [0.1, 0.15) is 80.1 Å². The molecule has 3 rings (SSSR count). The van der Waals surface area contributed by atoms with E-state index in [0.717, 1.165) is 19.4 Å². The minimum Gasteiger partial charge on any atom is -0.382 e. The number of carbonyl (C=O) groups is 2. The summed E-state index contributed by atoms with van der Waals surface area (Å²) in [6.45, 7) is 14.5. The van der Waals surface area contributed by atoms with Gasteiger partial charge >= 0.3 is 0 Å². The van der Waals surface area contributed by atoms with Gasteiger partial charge in [-0.15, -0.1) is 0 Å². The SMILES string of the molecule is CCC(C)CNC1=CC(=O)C=C(CC2(C)C(C)CCC3(C)C(C)=CCCC32)C1=O.